The van der Waals surface area contributed by atoms with E-state index in [9.17, 15) is 14.4 Å². The Kier molecular flexibility index (Phi) is 6.32. The highest BCUT2D eigenvalue weighted by atomic mass is 16.5. The SMILES string of the molecule is COc1ccc(CC(=O)Nc2ccc(C(=O)NC(C)C(=O)O)cc2)cc1. The second-order valence-electron chi connectivity index (χ2n) is 5.68. The number of anilines is 1. The van der Waals surface area contributed by atoms with Gasteiger partial charge in [-0.3, -0.25) is 14.4 Å². The van der Waals surface area contributed by atoms with Crippen LogP contribution in [0.1, 0.15) is 22.8 Å². The van der Waals surface area contributed by atoms with Crippen LogP contribution in [-0.4, -0.2) is 36.0 Å². The van der Waals surface area contributed by atoms with Crippen LogP contribution < -0.4 is 15.4 Å². The molecule has 0 aliphatic rings. The molecule has 0 spiro atoms. The van der Waals surface area contributed by atoms with Gasteiger partial charge in [0.2, 0.25) is 5.91 Å². The first-order chi connectivity index (χ1) is 12.4. The molecule has 1 unspecified atom stereocenters. The highest BCUT2D eigenvalue weighted by Crippen LogP contribution is 2.13. The zero-order chi connectivity index (χ0) is 19.1. The molecule has 0 aliphatic heterocycles. The third kappa shape index (κ3) is 5.34. The lowest BCUT2D eigenvalue weighted by molar-refractivity contribution is -0.138. The van der Waals surface area contributed by atoms with E-state index in [0.29, 0.717) is 11.3 Å². The largest absolute Gasteiger partial charge is 0.497 e. The Morgan fingerprint density at radius 1 is 1.04 bits per heavy atom. The summed E-state index contributed by atoms with van der Waals surface area (Å²) in [5, 5.41) is 13.9. The predicted molar refractivity (Wildman–Crippen MR) is 96.3 cm³/mol. The second-order valence-corrected chi connectivity index (χ2v) is 5.68. The van der Waals surface area contributed by atoms with Crippen LogP contribution in [0, 0.1) is 0 Å². The van der Waals surface area contributed by atoms with Gasteiger partial charge in [0.15, 0.2) is 0 Å². The van der Waals surface area contributed by atoms with Crippen molar-refractivity contribution in [2.45, 2.75) is 19.4 Å². The number of carbonyl (C=O) groups is 3. The minimum absolute atomic E-state index is 0.188. The van der Waals surface area contributed by atoms with Crippen LogP contribution in [0.3, 0.4) is 0 Å². The van der Waals surface area contributed by atoms with Gasteiger partial charge in [-0.25, -0.2) is 0 Å². The average Bonchev–Trinajstić information content (AvgIpc) is 2.62. The van der Waals surface area contributed by atoms with Crippen LogP contribution >= 0.6 is 0 Å². The first-order valence-corrected chi connectivity index (χ1v) is 7.95. The van der Waals surface area contributed by atoms with E-state index in [-0.39, 0.29) is 12.3 Å². The number of ether oxygens (including phenoxy) is 1. The number of methoxy groups -OCH3 is 1. The van der Waals surface area contributed by atoms with Crippen molar-refractivity contribution in [1.82, 2.24) is 5.32 Å². The molecule has 0 aromatic heterocycles. The summed E-state index contributed by atoms with van der Waals surface area (Å²) in [5.41, 5.74) is 1.71. The molecule has 0 heterocycles. The monoisotopic (exact) mass is 356 g/mol. The van der Waals surface area contributed by atoms with Gasteiger partial charge in [-0.05, 0) is 48.9 Å². The molecule has 2 rings (SSSR count). The van der Waals surface area contributed by atoms with Crippen LogP contribution in [0.4, 0.5) is 5.69 Å². The van der Waals surface area contributed by atoms with Gasteiger partial charge in [-0.1, -0.05) is 12.1 Å². The summed E-state index contributed by atoms with van der Waals surface area (Å²) in [4.78, 5) is 34.8. The molecular formula is C19H20N2O5. The van der Waals surface area contributed by atoms with Crippen molar-refractivity contribution in [1.29, 1.82) is 0 Å². The third-order valence-corrected chi connectivity index (χ3v) is 3.67. The Bertz CT molecular complexity index is 785. The van der Waals surface area contributed by atoms with Gasteiger partial charge in [-0.2, -0.15) is 0 Å². The number of hydrogen-bond acceptors (Lipinski definition) is 4. The minimum atomic E-state index is -1.11. The van der Waals surface area contributed by atoms with Crippen molar-refractivity contribution in [2.75, 3.05) is 12.4 Å². The van der Waals surface area contributed by atoms with Gasteiger partial charge >= 0.3 is 5.97 Å². The Morgan fingerprint density at radius 2 is 1.65 bits per heavy atom. The van der Waals surface area contributed by atoms with Crippen molar-refractivity contribution in [2.24, 2.45) is 0 Å². The maximum absolute atomic E-state index is 12.1. The van der Waals surface area contributed by atoms with Crippen molar-refractivity contribution in [3.05, 3.63) is 59.7 Å². The molecule has 3 N–H and O–H groups in total. The molecule has 7 nitrogen and oxygen atoms in total. The number of carboxylic acids is 1. The zero-order valence-corrected chi connectivity index (χ0v) is 14.5. The summed E-state index contributed by atoms with van der Waals surface area (Å²) in [6.45, 7) is 1.38. The number of carbonyl (C=O) groups excluding carboxylic acids is 2. The van der Waals surface area contributed by atoms with E-state index in [0.717, 1.165) is 11.3 Å². The highest BCUT2D eigenvalue weighted by molar-refractivity contribution is 5.97. The Hall–Kier alpha value is -3.35. The van der Waals surface area contributed by atoms with Crippen LogP contribution in [0.5, 0.6) is 5.75 Å². The van der Waals surface area contributed by atoms with Gasteiger partial charge < -0.3 is 20.5 Å². The van der Waals surface area contributed by atoms with Gasteiger partial charge in [-0.15, -0.1) is 0 Å². The van der Waals surface area contributed by atoms with Crippen molar-refractivity contribution in [3.8, 4) is 5.75 Å². The number of rotatable bonds is 7. The summed E-state index contributed by atoms with van der Waals surface area (Å²) in [5.74, 6) is -1.07. The Balaban J connectivity index is 1.92. The van der Waals surface area contributed by atoms with Crippen LogP contribution in [0.25, 0.3) is 0 Å². The van der Waals surface area contributed by atoms with E-state index < -0.39 is 17.9 Å². The molecule has 0 saturated heterocycles. The molecule has 0 fully saturated rings. The van der Waals surface area contributed by atoms with Gasteiger partial charge in [0.25, 0.3) is 5.91 Å². The van der Waals surface area contributed by atoms with Crippen LogP contribution in [-0.2, 0) is 16.0 Å². The molecule has 0 aliphatic carbocycles. The lowest BCUT2D eigenvalue weighted by Crippen LogP contribution is -2.38. The minimum Gasteiger partial charge on any atom is -0.497 e. The van der Waals surface area contributed by atoms with Crippen LogP contribution in [0.2, 0.25) is 0 Å². The fourth-order valence-electron chi connectivity index (χ4n) is 2.18. The molecule has 7 heteroatoms. The van der Waals surface area contributed by atoms with Crippen LogP contribution in [0.15, 0.2) is 48.5 Å². The maximum atomic E-state index is 12.1. The quantitative estimate of drug-likeness (QED) is 0.704. The lowest BCUT2D eigenvalue weighted by atomic mass is 10.1. The molecule has 0 bridgehead atoms. The molecular weight excluding hydrogens is 336 g/mol. The molecule has 0 radical (unpaired) electrons. The van der Waals surface area contributed by atoms with E-state index in [1.54, 1.807) is 31.4 Å². The summed E-state index contributed by atoms with van der Waals surface area (Å²) in [6.07, 6.45) is 0.211. The van der Waals surface area contributed by atoms with E-state index in [4.69, 9.17) is 9.84 Å². The molecule has 1 atom stereocenters. The second kappa shape index (κ2) is 8.66. The van der Waals surface area contributed by atoms with Crippen molar-refractivity contribution in [3.63, 3.8) is 0 Å². The van der Waals surface area contributed by atoms with Crippen molar-refractivity contribution >= 4 is 23.5 Å². The molecule has 136 valence electrons. The highest BCUT2D eigenvalue weighted by Gasteiger charge is 2.15. The van der Waals surface area contributed by atoms with E-state index in [1.807, 2.05) is 12.1 Å². The number of amides is 2. The van der Waals surface area contributed by atoms with Crippen molar-refractivity contribution < 1.29 is 24.2 Å². The number of carboxylic acid groups (broad SMARTS) is 1. The summed E-state index contributed by atoms with van der Waals surface area (Å²) >= 11 is 0. The summed E-state index contributed by atoms with van der Waals surface area (Å²) in [7, 11) is 1.58. The average molecular weight is 356 g/mol. The number of nitrogens with one attached hydrogen (secondary N) is 2. The normalized spacial score (nSPS) is 11.3. The smallest absolute Gasteiger partial charge is 0.325 e. The maximum Gasteiger partial charge on any atom is 0.325 e. The number of benzene rings is 2. The summed E-state index contributed by atoms with van der Waals surface area (Å²) in [6, 6.07) is 12.4. The molecule has 2 aromatic rings. The fraction of sp³-hybridized carbons (Fsp3) is 0.211. The number of aliphatic carboxylic acids is 1. The standard InChI is InChI=1S/C19H20N2O5/c1-12(19(24)25)20-18(23)14-5-7-15(8-6-14)21-17(22)11-13-3-9-16(26-2)10-4-13/h3-10,12H,11H2,1-2H3,(H,20,23)(H,21,22)(H,24,25). The molecule has 2 aromatic carbocycles. The number of hydrogen-bond donors (Lipinski definition) is 3. The predicted octanol–water partition coefficient (Wildman–Crippen LogP) is 2.08. The Labute approximate surface area is 151 Å². The zero-order valence-electron chi connectivity index (χ0n) is 14.5. The van der Waals surface area contributed by atoms with E-state index in [2.05, 4.69) is 10.6 Å². The van der Waals surface area contributed by atoms with Gasteiger partial charge in [0.05, 0.1) is 13.5 Å². The fourth-order valence-corrected chi connectivity index (χ4v) is 2.18. The summed E-state index contributed by atoms with van der Waals surface area (Å²) < 4.78 is 5.07. The molecule has 2 amide bonds. The van der Waals surface area contributed by atoms with E-state index in [1.165, 1.54) is 19.1 Å². The lowest BCUT2D eigenvalue weighted by Gasteiger charge is -2.10. The van der Waals surface area contributed by atoms with E-state index >= 15 is 0 Å². The topological polar surface area (TPSA) is 105 Å². The van der Waals surface area contributed by atoms with Gasteiger partial charge in [0, 0.05) is 11.3 Å². The van der Waals surface area contributed by atoms with Gasteiger partial charge in [0.1, 0.15) is 11.8 Å². The first kappa shape index (κ1) is 19.0. The third-order valence-electron chi connectivity index (χ3n) is 3.67. The first-order valence-electron chi connectivity index (χ1n) is 7.95. The Morgan fingerprint density at radius 3 is 2.19 bits per heavy atom. The molecule has 0 saturated carbocycles. The molecule has 26 heavy (non-hydrogen) atoms.